The molecule has 112 valence electrons. The third-order valence-corrected chi connectivity index (χ3v) is 4.51. The Morgan fingerprint density at radius 3 is 2.86 bits per heavy atom. The Kier molecular flexibility index (Phi) is 2.94. The van der Waals surface area contributed by atoms with E-state index in [2.05, 4.69) is 15.5 Å². The van der Waals surface area contributed by atoms with E-state index in [4.69, 9.17) is 4.52 Å². The van der Waals surface area contributed by atoms with Gasteiger partial charge in [-0.25, -0.2) is 0 Å². The fourth-order valence-corrected chi connectivity index (χ4v) is 3.18. The normalized spacial score (nSPS) is 29.0. The Labute approximate surface area is 122 Å². The summed E-state index contributed by atoms with van der Waals surface area (Å²) in [5.74, 6) is 1.69. The number of amides is 2. The van der Waals surface area contributed by atoms with Gasteiger partial charge in [-0.1, -0.05) is 5.16 Å². The van der Waals surface area contributed by atoms with Gasteiger partial charge in [0, 0.05) is 18.9 Å². The van der Waals surface area contributed by atoms with E-state index in [-0.39, 0.29) is 23.9 Å². The average Bonchev–Trinajstić information content (AvgIpc) is 2.94. The Hall–Kier alpha value is -1.92. The number of nitrogens with one attached hydrogen (secondary N) is 1. The number of nitrogens with zero attached hydrogens (tertiary/aromatic N) is 3. The zero-order valence-corrected chi connectivity index (χ0v) is 11.7. The standard InChI is InChI=1S/C14H18N4O3/c19-11-6-5-9(15-11)14(20)18-7-1-2-10(18)12-16-13(21-17-12)8-3-4-8/h8-10H,1-7H2,(H,15,19)/t9-,10+/m0/s1. The van der Waals surface area contributed by atoms with Crippen LogP contribution in [0.2, 0.25) is 0 Å². The zero-order chi connectivity index (χ0) is 14.4. The minimum absolute atomic E-state index is 0.0129. The Morgan fingerprint density at radius 2 is 2.14 bits per heavy atom. The number of carbonyl (C=O) groups is 2. The van der Waals surface area contributed by atoms with Crippen molar-refractivity contribution in [2.24, 2.45) is 0 Å². The lowest BCUT2D eigenvalue weighted by atomic mass is 10.1. The number of hydrogen-bond donors (Lipinski definition) is 1. The van der Waals surface area contributed by atoms with E-state index in [1.54, 1.807) is 4.90 Å². The summed E-state index contributed by atoms with van der Waals surface area (Å²) in [5.41, 5.74) is 0. The minimum atomic E-state index is -0.382. The summed E-state index contributed by atoms with van der Waals surface area (Å²) < 4.78 is 5.30. The molecule has 0 unspecified atom stereocenters. The predicted octanol–water partition coefficient (Wildman–Crippen LogP) is 0.889. The molecule has 2 amide bonds. The number of carbonyl (C=O) groups excluding carboxylic acids is 2. The van der Waals surface area contributed by atoms with Gasteiger partial charge in [-0.05, 0) is 32.1 Å². The SMILES string of the molecule is O=C1CC[C@@H](C(=O)N2CCC[C@@H]2c2noc(C3CC3)n2)N1. The highest BCUT2D eigenvalue weighted by atomic mass is 16.5. The van der Waals surface area contributed by atoms with Gasteiger partial charge in [0.25, 0.3) is 0 Å². The smallest absolute Gasteiger partial charge is 0.245 e. The second kappa shape index (κ2) is 4.82. The van der Waals surface area contributed by atoms with E-state index < -0.39 is 0 Å². The Bertz CT molecular complexity index is 581. The number of rotatable bonds is 3. The number of hydrogen-bond acceptors (Lipinski definition) is 5. The lowest BCUT2D eigenvalue weighted by molar-refractivity contribution is -0.135. The first kappa shape index (κ1) is 12.8. The molecule has 3 fully saturated rings. The molecule has 0 radical (unpaired) electrons. The summed E-state index contributed by atoms with van der Waals surface area (Å²) in [6.45, 7) is 0.698. The summed E-state index contributed by atoms with van der Waals surface area (Å²) in [4.78, 5) is 30.1. The predicted molar refractivity (Wildman–Crippen MR) is 71.1 cm³/mol. The van der Waals surface area contributed by atoms with E-state index >= 15 is 0 Å². The lowest BCUT2D eigenvalue weighted by Gasteiger charge is -2.25. The van der Waals surface area contributed by atoms with Crippen molar-refractivity contribution in [1.29, 1.82) is 0 Å². The zero-order valence-electron chi connectivity index (χ0n) is 11.7. The highest BCUT2D eigenvalue weighted by Gasteiger charge is 2.39. The van der Waals surface area contributed by atoms with Crippen molar-refractivity contribution in [2.45, 2.75) is 56.5 Å². The maximum Gasteiger partial charge on any atom is 0.245 e. The molecule has 0 aromatic carbocycles. The maximum atomic E-state index is 12.6. The first-order chi connectivity index (χ1) is 10.2. The fraction of sp³-hybridized carbons (Fsp3) is 0.714. The molecule has 0 spiro atoms. The fourth-order valence-electron chi connectivity index (χ4n) is 3.18. The van der Waals surface area contributed by atoms with Gasteiger partial charge in [-0.2, -0.15) is 4.98 Å². The maximum absolute atomic E-state index is 12.6. The third-order valence-electron chi connectivity index (χ3n) is 4.51. The first-order valence-electron chi connectivity index (χ1n) is 7.66. The van der Waals surface area contributed by atoms with Gasteiger partial charge >= 0.3 is 0 Å². The molecule has 2 saturated heterocycles. The van der Waals surface area contributed by atoms with Crippen LogP contribution in [0.1, 0.15) is 62.2 Å². The topological polar surface area (TPSA) is 88.3 Å². The van der Waals surface area contributed by atoms with E-state index in [0.717, 1.165) is 25.7 Å². The molecule has 21 heavy (non-hydrogen) atoms. The van der Waals surface area contributed by atoms with Gasteiger partial charge in [0.05, 0.1) is 6.04 Å². The van der Waals surface area contributed by atoms with Crippen LogP contribution in [0.3, 0.4) is 0 Å². The third kappa shape index (κ3) is 2.30. The Morgan fingerprint density at radius 1 is 1.29 bits per heavy atom. The second-order valence-electron chi connectivity index (χ2n) is 6.11. The molecule has 1 N–H and O–H groups in total. The first-order valence-corrected chi connectivity index (χ1v) is 7.66. The molecule has 0 bridgehead atoms. The van der Waals surface area contributed by atoms with Gasteiger partial charge in [0.1, 0.15) is 6.04 Å². The summed E-state index contributed by atoms with van der Waals surface area (Å²) in [5, 5.41) is 6.81. The summed E-state index contributed by atoms with van der Waals surface area (Å²) in [7, 11) is 0. The van der Waals surface area contributed by atoms with Crippen LogP contribution in [0.15, 0.2) is 4.52 Å². The molecule has 2 atom stereocenters. The van der Waals surface area contributed by atoms with Crippen LogP contribution >= 0.6 is 0 Å². The molecule has 3 aliphatic rings. The lowest BCUT2D eigenvalue weighted by Crippen LogP contribution is -2.44. The van der Waals surface area contributed by atoms with Crippen LogP contribution in [0.4, 0.5) is 0 Å². The van der Waals surface area contributed by atoms with Gasteiger partial charge in [0.15, 0.2) is 5.82 Å². The molecular weight excluding hydrogens is 272 g/mol. The van der Waals surface area contributed by atoms with E-state index in [1.807, 2.05) is 0 Å². The molecule has 1 aliphatic carbocycles. The van der Waals surface area contributed by atoms with Crippen molar-refractivity contribution in [1.82, 2.24) is 20.4 Å². The van der Waals surface area contributed by atoms with Crippen molar-refractivity contribution in [3.63, 3.8) is 0 Å². The van der Waals surface area contributed by atoms with Gasteiger partial charge in [-0.3, -0.25) is 9.59 Å². The molecule has 1 aromatic heterocycles. The van der Waals surface area contributed by atoms with E-state index in [1.165, 1.54) is 0 Å². The average molecular weight is 290 g/mol. The molecule has 1 aromatic rings. The second-order valence-corrected chi connectivity index (χ2v) is 6.11. The number of aromatic nitrogens is 2. The molecule has 7 heteroatoms. The highest BCUT2D eigenvalue weighted by molar-refractivity contribution is 5.91. The highest BCUT2D eigenvalue weighted by Crippen LogP contribution is 2.40. The molecule has 1 saturated carbocycles. The Balaban J connectivity index is 1.51. The number of likely N-dealkylation sites (tertiary alicyclic amines) is 1. The molecular formula is C14H18N4O3. The molecule has 7 nitrogen and oxygen atoms in total. The van der Waals surface area contributed by atoms with Crippen molar-refractivity contribution in [3.8, 4) is 0 Å². The van der Waals surface area contributed by atoms with Crippen LogP contribution in [0.25, 0.3) is 0 Å². The van der Waals surface area contributed by atoms with Gasteiger partial charge in [0.2, 0.25) is 17.7 Å². The van der Waals surface area contributed by atoms with E-state index in [9.17, 15) is 9.59 Å². The van der Waals surface area contributed by atoms with Crippen LogP contribution in [0.5, 0.6) is 0 Å². The van der Waals surface area contributed by atoms with Gasteiger partial charge < -0.3 is 14.7 Å². The van der Waals surface area contributed by atoms with Crippen molar-refractivity contribution >= 4 is 11.8 Å². The molecule has 3 heterocycles. The minimum Gasteiger partial charge on any atom is -0.344 e. The monoisotopic (exact) mass is 290 g/mol. The summed E-state index contributed by atoms with van der Waals surface area (Å²) >= 11 is 0. The molecule has 4 rings (SSSR count). The van der Waals surface area contributed by atoms with Crippen molar-refractivity contribution < 1.29 is 14.1 Å². The van der Waals surface area contributed by atoms with Crippen LogP contribution in [0, 0.1) is 0 Å². The van der Waals surface area contributed by atoms with Gasteiger partial charge in [-0.15, -0.1) is 0 Å². The largest absolute Gasteiger partial charge is 0.344 e. The molecule has 2 aliphatic heterocycles. The summed E-state index contributed by atoms with van der Waals surface area (Å²) in [6, 6.07) is -0.487. The quantitative estimate of drug-likeness (QED) is 0.893. The van der Waals surface area contributed by atoms with Crippen LogP contribution < -0.4 is 5.32 Å². The van der Waals surface area contributed by atoms with Crippen molar-refractivity contribution in [3.05, 3.63) is 11.7 Å². The van der Waals surface area contributed by atoms with E-state index in [0.29, 0.717) is 37.0 Å². The van der Waals surface area contributed by atoms with Crippen LogP contribution in [-0.4, -0.2) is 39.4 Å². The summed E-state index contributed by atoms with van der Waals surface area (Å²) in [6.07, 6.45) is 5.04. The van der Waals surface area contributed by atoms with Crippen molar-refractivity contribution in [2.75, 3.05) is 6.54 Å². The van der Waals surface area contributed by atoms with Crippen LogP contribution in [-0.2, 0) is 9.59 Å².